The van der Waals surface area contributed by atoms with Crippen molar-refractivity contribution in [2.45, 2.75) is 6.54 Å². The van der Waals surface area contributed by atoms with Gasteiger partial charge in [0.1, 0.15) is 0 Å². The molecule has 3 aromatic rings. The van der Waals surface area contributed by atoms with Crippen LogP contribution in [0.5, 0.6) is 0 Å². The van der Waals surface area contributed by atoms with Crippen LogP contribution in [0.1, 0.15) is 15.9 Å². The van der Waals surface area contributed by atoms with Crippen molar-refractivity contribution in [2.24, 2.45) is 7.05 Å². The molecule has 4 rings (SSSR count). The zero-order chi connectivity index (χ0) is 14.6. The molecule has 0 radical (unpaired) electrons. The van der Waals surface area contributed by atoms with Crippen LogP contribution in [0, 0.1) is 0 Å². The van der Waals surface area contributed by atoms with Gasteiger partial charge in [-0.1, -0.05) is 35.9 Å². The Hall–Kier alpha value is -2.26. The lowest BCUT2D eigenvalue weighted by atomic mass is 10.0. The van der Waals surface area contributed by atoms with Crippen LogP contribution in [-0.2, 0) is 13.6 Å². The molecule has 0 saturated carbocycles. The van der Waals surface area contributed by atoms with E-state index in [0.717, 1.165) is 27.7 Å². The van der Waals surface area contributed by atoms with E-state index in [1.807, 2.05) is 31.3 Å². The summed E-state index contributed by atoms with van der Waals surface area (Å²) in [6, 6.07) is 14.1. The Labute approximate surface area is 127 Å². The third-order valence-corrected chi connectivity index (χ3v) is 4.49. The van der Waals surface area contributed by atoms with Gasteiger partial charge in [-0.3, -0.25) is 4.79 Å². The second kappa shape index (κ2) is 4.37. The van der Waals surface area contributed by atoms with E-state index in [4.69, 9.17) is 11.6 Å². The largest absolute Gasteiger partial charge is 0.348 e. The Morgan fingerprint density at radius 2 is 2.00 bits per heavy atom. The van der Waals surface area contributed by atoms with Crippen molar-refractivity contribution < 1.29 is 4.79 Å². The van der Waals surface area contributed by atoms with Gasteiger partial charge in [-0.15, -0.1) is 0 Å². The summed E-state index contributed by atoms with van der Waals surface area (Å²) in [5.41, 5.74) is 4.71. The van der Waals surface area contributed by atoms with Crippen LogP contribution in [0.2, 0.25) is 5.02 Å². The number of carbonyl (C=O) groups excluding carboxylic acids is 1. The van der Waals surface area contributed by atoms with Crippen LogP contribution in [0.15, 0.2) is 42.5 Å². The Kier molecular flexibility index (Phi) is 2.59. The average molecular weight is 297 g/mol. The van der Waals surface area contributed by atoms with Crippen LogP contribution < -0.4 is 5.32 Å². The third kappa shape index (κ3) is 1.71. The predicted octanol–water partition coefficient (Wildman–Crippen LogP) is 3.74. The summed E-state index contributed by atoms with van der Waals surface area (Å²) in [5, 5.41) is 4.66. The first-order chi connectivity index (χ1) is 10.2. The fourth-order valence-electron chi connectivity index (χ4n) is 3.07. The molecule has 1 aliphatic rings. The number of halogens is 1. The molecule has 0 aliphatic carbocycles. The number of aromatic nitrogens is 1. The normalized spacial score (nSPS) is 13.5. The van der Waals surface area contributed by atoms with E-state index in [2.05, 4.69) is 28.1 Å². The minimum absolute atomic E-state index is 0.0484. The maximum absolute atomic E-state index is 12.2. The highest BCUT2D eigenvalue weighted by molar-refractivity contribution is 6.32. The molecule has 0 fully saturated rings. The van der Waals surface area contributed by atoms with E-state index in [9.17, 15) is 4.79 Å². The van der Waals surface area contributed by atoms with Gasteiger partial charge in [0.2, 0.25) is 0 Å². The number of fused-ring (bicyclic) bond motifs is 2. The van der Waals surface area contributed by atoms with Gasteiger partial charge >= 0.3 is 0 Å². The summed E-state index contributed by atoms with van der Waals surface area (Å²) in [7, 11) is 2.02. The van der Waals surface area contributed by atoms with Gasteiger partial charge in [0.25, 0.3) is 5.91 Å². The number of carbonyl (C=O) groups is 1. The number of hydrogen-bond donors (Lipinski definition) is 1. The van der Waals surface area contributed by atoms with Gasteiger partial charge in [0.15, 0.2) is 0 Å². The topological polar surface area (TPSA) is 34.0 Å². The van der Waals surface area contributed by atoms with Crippen LogP contribution in [0.4, 0.5) is 0 Å². The number of rotatable bonds is 1. The second-order valence-corrected chi connectivity index (χ2v) is 5.69. The number of benzene rings is 2. The summed E-state index contributed by atoms with van der Waals surface area (Å²) in [6.45, 7) is 0.505. The molecule has 4 heteroatoms. The molecular weight excluding hydrogens is 284 g/mol. The Bertz CT molecular complexity index is 895. The van der Waals surface area contributed by atoms with E-state index in [-0.39, 0.29) is 5.91 Å². The van der Waals surface area contributed by atoms with E-state index < -0.39 is 0 Å². The minimum Gasteiger partial charge on any atom is -0.348 e. The quantitative estimate of drug-likeness (QED) is 0.729. The van der Waals surface area contributed by atoms with Gasteiger partial charge in [0.05, 0.1) is 5.56 Å². The van der Waals surface area contributed by atoms with Crippen LogP contribution in [0.3, 0.4) is 0 Å². The summed E-state index contributed by atoms with van der Waals surface area (Å²) >= 11 is 6.21. The van der Waals surface area contributed by atoms with Crippen molar-refractivity contribution in [3.63, 3.8) is 0 Å². The minimum atomic E-state index is -0.0484. The molecule has 3 nitrogen and oxygen atoms in total. The van der Waals surface area contributed by atoms with Crippen molar-refractivity contribution in [1.29, 1.82) is 0 Å². The van der Waals surface area contributed by atoms with Gasteiger partial charge in [-0.05, 0) is 18.2 Å². The molecule has 1 aromatic heterocycles. The lowest BCUT2D eigenvalue weighted by Crippen LogP contribution is -2.13. The van der Waals surface area contributed by atoms with Crippen molar-refractivity contribution in [3.05, 3.63) is 58.6 Å². The van der Waals surface area contributed by atoms with E-state index in [1.54, 1.807) is 0 Å². The van der Waals surface area contributed by atoms with E-state index in [0.29, 0.717) is 17.1 Å². The van der Waals surface area contributed by atoms with Crippen LogP contribution in [-0.4, -0.2) is 10.5 Å². The van der Waals surface area contributed by atoms with Gasteiger partial charge in [-0.25, -0.2) is 0 Å². The smallest absolute Gasteiger partial charge is 0.252 e. The van der Waals surface area contributed by atoms with Gasteiger partial charge < -0.3 is 9.88 Å². The zero-order valence-corrected chi connectivity index (χ0v) is 12.2. The molecule has 21 heavy (non-hydrogen) atoms. The molecular formula is C17H13ClN2O. The first kappa shape index (κ1) is 12.5. The molecule has 0 bridgehead atoms. The molecule has 104 valence electrons. The number of aryl methyl sites for hydroxylation is 1. The first-order valence-corrected chi connectivity index (χ1v) is 7.19. The lowest BCUT2D eigenvalue weighted by molar-refractivity contribution is 0.0966. The molecule has 2 aromatic carbocycles. The van der Waals surface area contributed by atoms with Crippen LogP contribution >= 0.6 is 11.6 Å². The fraction of sp³-hybridized carbons (Fsp3) is 0.118. The van der Waals surface area contributed by atoms with Gasteiger partial charge in [-0.2, -0.15) is 0 Å². The van der Waals surface area contributed by atoms with E-state index in [1.165, 1.54) is 0 Å². The number of nitrogens with zero attached hydrogens (tertiary/aromatic N) is 1. The third-order valence-electron chi connectivity index (χ3n) is 4.14. The molecule has 1 amide bonds. The molecule has 0 unspecified atom stereocenters. The molecule has 0 atom stereocenters. The summed E-state index contributed by atoms with van der Waals surface area (Å²) in [6.07, 6.45) is 0. The maximum atomic E-state index is 12.2. The molecule has 1 aliphatic heterocycles. The zero-order valence-electron chi connectivity index (χ0n) is 11.5. The molecule has 2 heterocycles. The summed E-state index contributed by atoms with van der Waals surface area (Å²) in [4.78, 5) is 12.2. The van der Waals surface area contributed by atoms with Gasteiger partial charge in [0, 0.05) is 46.3 Å². The van der Waals surface area contributed by atoms with Crippen molar-refractivity contribution in [2.75, 3.05) is 0 Å². The average Bonchev–Trinajstić information content (AvgIpc) is 3.03. The number of amides is 1. The predicted molar refractivity (Wildman–Crippen MR) is 84.5 cm³/mol. The summed E-state index contributed by atoms with van der Waals surface area (Å²) in [5.74, 6) is -0.0484. The van der Waals surface area contributed by atoms with Crippen LogP contribution in [0.25, 0.3) is 22.2 Å². The van der Waals surface area contributed by atoms with Crippen molar-refractivity contribution in [1.82, 2.24) is 9.88 Å². The standard InChI is InChI=1S/C17H13ClN2O/c1-20-14-5-3-2-4-10(14)8-15(20)11-6-7-13(18)12-9-19-17(21)16(11)12/h2-8H,9H2,1H3,(H,19,21). The number of nitrogens with one attached hydrogen (secondary N) is 1. The Morgan fingerprint density at radius 3 is 2.81 bits per heavy atom. The highest BCUT2D eigenvalue weighted by Gasteiger charge is 2.26. The Morgan fingerprint density at radius 1 is 1.19 bits per heavy atom. The number of para-hydroxylation sites is 1. The monoisotopic (exact) mass is 296 g/mol. The number of hydrogen-bond acceptors (Lipinski definition) is 1. The summed E-state index contributed by atoms with van der Waals surface area (Å²) < 4.78 is 2.12. The maximum Gasteiger partial charge on any atom is 0.252 e. The highest BCUT2D eigenvalue weighted by Crippen LogP contribution is 2.35. The highest BCUT2D eigenvalue weighted by atomic mass is 35.5. The van der Waals surface area contributed by atoms with E-state index >= 15 is 0 Å². The SMILES string of the molecule is Cn1c(-c2ccc(Cl)c3c2C(=O)NC3)cc2ccccc21. The van der Waals surface area contributed by atoms with Crippen molar-refractivity contribution >= 4 is 28.4 Å². The second-order valence-electron chi connectivity index (χ2n) is 5.28. The fourth-order valence-corrected chi connectivity index (χ4v) is 3.30. The lowest BCUT2D eigenvalue weighted by Gasteiger charge is -2.09. The first-order valence-electron chi connectivity index (χ1n) is 6.81. The molecule has 0 spiro atoms. The molecule has 0 saturated heterocycles. The van der Waals surface area contributed by atoms with Crippen molar-refractivity contribution in [3.8, 4) is 11.3 Å². The Balaban J connectivity index is 2.04. The molecule has 1 N–H and O–H groups in total.